The second-order valence-electron chi connectivity index (χ2n) is 6.07. The van der Waals surface area contributed by atoms with Crippen molar-refractivity contribution in [3.8, 4) is 11.3 Å². The van der Waals surface area contributed by atoms with Crippen LogP contribution in [-0.2, 0) is 11.3 Å². The normalized spacial score (nSPS) is 15.4. The van der Waals surface area contributed by atoms with Crippen LogP contribution >= 0.6 is 15.9 Å². The van der Waals surface area contributed by atoms with Crippen molar-refractivity contribution in [2.75, 3.05) is 0 Å². The minimum atomic E-state index is -0.441. The highest BCUT2D eigenvalue weighted by molar-refractivity contribution is 9.10. The molecule has 2 heterocycles. The van der Waals surface area contributed by atoms with Crippen molar-refractivity contribution < 1.29 is 14.0 Å². The molecule has 0 unspecified atom stereocenters. The molecule has 1 N–H and O–H groups in total. The minimum absolute atomic E-state index is 0.200. The summed E-state index contributed by atoms with van der Waals surface area (Å²) in [6, 6.07) is 20.3. The predicted octanol–water partition coefficient (Wildman–Crippen LogP) is 4.80. The molecule has 3 amide bonds. The minimum Gasteiger partial charge on any atom is -0.457 e. The Bertz CT molecular complexity index is 1020. The van der Waals surface area contributed by atoms with Gasteiger partial charge < -0.3 is 9.73 Å². The molecule has 0 bridgehead atoms. The van der Waals surface area contributed by atoms with Gasteiger partial charge in [-0.3, -0.25) is 9.69 Å². The fraction of sp³-hybridized carbons (Fsp3) is 0.0476. The largest absolute Gasteiger partial charge is 0.457 e. The molecule has 134 valence electrons. The van der Waals surface area contributed by atoms with Gasteiger partial charge in [-0.2, -0.15) is 0 Å². The van der Waals surface area contributed by atoms with Gasteiger partial charge in [-0.05, 0) is 29.8 Å². The number of nitrogens with one attached hydrogen (secondary N) is 1. The molecule has 0 spiro atoms. The summed E-state index contributed by atoms with van der Waals surface area (Å²) in [5, 5.41) is 2.61. The van der Waals surface area contributed by atoms with Gasteiger partial charge in [0.2, 0.25) is 0 Å². The van der Waals surface area contributed by atoms with E-state index in [-0.39, 0.29) is 18.1 Å². The van der Waals surface area contributed by atoms with Crippen LogP contribution in [0.2, 0.25) is 0 Å². The zero-order valence-corrected chi connectivity index (χ0v) is 15.8. The van der Waals surface area contributed by atoms with Crippen molar-refractivity contribution in [2.24, 2.45) is 0 Å². The fourth-order valence-electron chi connectivity index (χ4n) is 2.82. The molecule has 5 nitrogen and oxygen atoms in total. The third kappa shape index (κ3) is 3.71. The number of amides is 3. The Kier molecular flexibility index (Phi) is 4.64. The number of halogens is 1. The molecule has 0 aliphatic carbocycles. The van der Waals surface area contributed by atoms with Crippen LogP contribution in [0.4, 0.5) is 4.79 Å². The summed E-state index contributed by atoms with van der Waals surface area (Å²) in [5.41, 5.74) is 2.01. The van der Waals surface area contributed by atoms with Crippen molar-refractivity contribution >= 4 is 33.9 Å². The zero-order valence-electron chi connectivity index (χ0n) is 14.2. The van der Waals surface area contributed by atoms with E-state index < -0.39 is 6.03 Å². The van der Waals surface area contributed by atoms with Gasteiger partial charge in [-0.1, -0.05) is 58.4 Å². The summed E-state index contributed by atoms with van der Waals surface area (Å²) in [6.45, 7) is 0.211. The van der Waals surface area contributed by atoms with Crippen LogP contribution in [0.15, 0.2) is 81.3 Å². The predicted molar refractivity (Wildman–Crippen MR) is 105 cm³/mol. The summed E-state index contributed by atoms with van der Waals surface area (Å²) in [6.07, 6.45) is 1.55. The molecule has 1 saturated heterocycles. The maximum absolute atomic E-state index is 12.6. The number of benzene rings is 2. The summed E-state index contributed by atoms with van der Waals surface area (Å²) in [5.74, 6) is 0.828. The molecular weight excluding hydrogens is 408 g/mol. The van der Waals surface area contributed by atoms with Crippen LogP contribution < -0.4 is 5.32 Å². The molecule has 0 radical (unpaired) electrons. The van der Waals surface area contributed by atoms with Crippen LogP contribution in [0.5, 0.6) is 0 Å². The molecule has 1 aliphatic rings. The first-order valence-corrected chi connectivity index (χ1v) is 9.14. The molecule has 27 heavy (non-hydrogen) atoms. The molecule has 0 atom stereocenters. The summed E-state index contributed by atoms with van der Waals surface area (Å²) in [4.78, 5) is 26.0. The second-order valence-corrected chi connectivity index (χ2v) is 6.99. The van der Waals surface area contributed by atoms with E-state index in [1.807, 2.05) is 60.7 Å². The Hall–Kier alpha value is -3.12. The Morgan fingerprint density at radius 2 is 1.70 bits per heavy atom. The van der Waals surface area contributed by atoms with Crippen molar-refractivity contribution in [2.45, 2.75) is 6.54 Å². The van der Waals surface area contributed by atoms with E-state index in [4.69, 9.17) is 4.42 Å². The molecule has 0 saturated carbocycles. The summed E-state index contributed by atoms with van der Waals surface area (Å²) < 4.78 is 6.72. The third-order valence-electron chi connectivity index (χ3n) is 4.19. The second kappa shape index (κ2) is 7.25. The van der Waals surface area contributed by atoms with Gasteiger partial charge >= 0.3 is 6.03 Å². The number of carbonyl (C=O) groups excluding carboxylic acids is 2. The van der Waals surface area contributed by atoms with E-state index in [0.29, 0.717) is 11.5 Å². The number of urea groups is 1. The molecule has 2 aromatic carbocycles. The van der Waals surface area contributed by atoms with Crippen LogP contribution in [0.1, 0.15) is 11.3 Å². The number of hydrogen-bond acceptors (Lipinski definition) is 3. The highest BCUT2D eigenvalue weighted by atomic mass is 79.9. The van der Waals surface area contributed by atoms with Crippen LogP contribution in [0.25, 0.3) is 17.4 Å². The van der Waals surface area contributed by atoms with Gasteiger partial charge in [0.1, 0.15) is 17.2 Å². The van der Waals surface area contributed by atoms with Gasteiger partial charge in [0.05, 0.1) is 6.54 Å². The van der Waals surface area contributed by atoms with Gasteiger partial charge in [0.15, 0.2) is 0 Å². The van der Waals surface area contributed by atoms with Gasteiger partial charge in [-0.15, -0.1) is 0 Å². The average molecular weight is 423 g/mol. The number of imide groups is 1. The molecule has 1 aromatic heterocycles. The van der Waals surface area contributed by atoms with Crippen molar-refractivity contribution in [3.05, 3.63) is 88.2 Å². The van der Waals surface area contributed by atoms with E-state index in [1.165, 1.54) is 4.90 Å². The van der Waals surface area contributed by atoms with Gasteiger partial charge in [0.25, 0.3) is 5.91 Å². The lowest BCUT2D eigenvalue weighted by atomic mass is 10.2. The number of hydrogen-bond donors (Lipinski definition) is 1. The maximum atomic E-state index is 12.6. The Morgan fingerprint density at radius 1 is 0.963 bits per heavy atom. The first-order valence-electron chi connectivity index (χ1n) is 8.34. The smallest absolute Gasteiger partial charge is 0.329 e. The Labute approximate surface area is 164 Å². The van der Waals surface area contributed by atoms with Crippen molar-refractivity contribution in [3.63, 3.8) is 0 Å². The fourth-order valence-corrected chi connectivity index (χ4v) is 3.08. The number of furan rings is 1. The van der Waals surface area contributed by atoms with E-state index in [2.05, 4.69) is 21.2 Å². The van der Waals surface area contributed by atoms with Gasteiger partial charge in [0, 0.05) is 16.1 Å². The summed E-state index contributed by atoms with van der Waals surface area (Å²) >= 11 is 3.37. The average Bonchev–Trinajstić information content (AvgIpc) is 3.25. The van der Waals surface area contributed by atoms with E-state index in [0.717, 1.165) is 15.6 Å². The third-order valence-corrected chi connectivity index (χ3v) is 4.72. The van der Waals surface area contributed by atoms with Crippen LogP contribution in [0.3, 0.4) is 0 Å². The number of carbonyl (C=O) groups is 2. The Morgan fingerprint density at radius 3 is 2.44 bits per heavy atom. The highest BCUT2D eigenvalue weighted by Crippen LogP contribution is 2.24. The lowest BCUT2D eigenvalue weighted by Crippen LogP contribution is -2.30. The van der Waals surface area contributed by atoms with Crippen LogP contribution in [0, 0.1) is 0 Å². The lowest BCUT2D eigenvalue weighted by Gasteiger charge is -2.11. The number of nitrogens with zero attached hydrogens (tertiary/aromatic N) is 1. The quantitative estimate of drug-likeness (QED) is 0.484. The van der Waals surface area contributed by atoms with Gasteiger partial charge in [-0.25, -0.2) is 4.79 Å². The van der Waals surface area contributed by atoms with E-state index >= 15 is 0 Å². The molecule has 6 heteroatoms. The molecule has 3 aromatic rings. The summed E-state index contributed by atoms with van der Waals surface area (Å²) in [7, 11) is 0. The monoisotopic (exact) mass is 422 g/mol. The van der Waals surface area contributed by atoms with Crippen molar-refractivity contribution in [1.29, 1.82) is 0 Å². The zero-order chi connectivity index (χ0) is 18.8. The first-order chi connectivity index (χ1) is 13.1. The first kappa shape index (κ1) is 17.3. The molecule has 4 rings (SSSR count). The standard InChI is InChI=1S/C21H15BrN2O3/c22-16-8-6-14(7-9-16)13-24-20(25)18(23-21(24)26)12-17-10-11-19(27-17)15-4-2-1-3-5-15/h1-12H,13H2,(H,23,26). The number of rotatable bonds is 4. The molecule has 1 aliphatic heterocycles. The molecule has 1 fully saturated rings. The van der Waals surface area contributed by atoms with Crippen LogP contribution in [-0.4, -0.2) is 16.8 Å². The molecular formula is C21H15BrN2O3. The highest BCUT2D eigenvalue weighted by Gasteiger charge is 2.33. The maximum Gasteiger partial charge on any atom is 0.329 e. The lowest BCUT2D eigenvalue weighted by molar-refractivity contribution is -0.123. The van der Waals surface area contributed by atoms with E-state index in [9.17, 15) is 9.59 Å². The Balaban J connectivity index is 1.53. The SMILES string of the molecule is O=C1NC(=Cc2ccc(-c3ccccc3)o2)C(=O)N1Cc1ccc(Br)cc1. The van der Waals surface area contributed by atoms with Crippen molar-refractivity contribution in [1.82, 2.24) is 10.2 Å². The topological polar surface area (TPSA) is 62.6 Å². The van der Waals surface area contributed by atoms with E-state index in [1.54, 1.807) is 12.1 Å².